The minimum Gasteiger partial charge on any atom is -0.367 e. The molecule has 0 spiro atoms. The molecule has 3 N–H and O–H groups in total. The van der Waals surface area contributed by atoms with Crippen LogP contribution < -0.4 is 10.6 Å². The zero-order valence-electron chi connectivity index (χ0n) is 11.7. The van der Waals surface area contributed by atoms with Crippen molar-refractivity contribution in [2.75, 3.05) is 43.9 Å². The van der Waals surface area contributed by atoms with E-state index in [-0.39, 0.29) is 0 Å². The van der Waals surface area contributed by atoms with Gasteiger partial charge in [-0.3, -0.25) is 0 Å². The number of anilines is 2. The highest BCUT2D eigenvalue weighted by Crippen LogP contribution is 2.17. The topological polar surface area (TPSA) is 81.8 Å². The first-order valence-electron chi connectivity index (χ1n) is 6.63. The van der Waals surface area contributed by atoms with Crippen molar-refractivity contribution in [2.24, 2.45) is 0 Å². The Morgan fingerprint density at radius 3 is 2.74 bits per heavy atom. The Labute approximate surface area is 112 Å². The second-order valence-corrected chi connectivity index (χ2v) is 4.20. The van der Waals surface area contributed by atoms with Crippen LogP contribution in [-0.4, -0.2) is 58.1 Å². The zero-order chi connectivity index (χ0) is 13.7. The molecule has 0 aliphatic carbocycles. The Morgan fingerprint density at radius 2 is 2.05 bits per heavy atom. The van der Waals surface area contributed by atoms with E-state index in [2.05, 4.69) is 49.3 Å². The summed E-state index contributed by atoms with van der Waals surface area (Å²) in [6.07, 6.45) is 1.63. The Morgan fingerprint density at radius 1 is 1.26 bits per heavy atom. The standard InChI is InChI=1S/C12H21N7/c1-4-19(5-2)7-6-14-10-9-11(16-8-15-9)18-12(13-3)17-10/h8H,4-7H2,1-3H3,(H3,13,14,15,16,17,18). The SMILES string of the molecule is CCN(CC)CCNc1nc(NC)nc2nc[nH]c12. The summed E-state index contributed by atoms with van der Waals surface area (Å²) in [6.45, 7) is 8.28. The number of nitrogens with zero attached hydrogens (tertiary/aromatic N) is 4. The largest absolute Gasteiger partial charge is 0.367 e. The molecule has 0 unspecified atom stereocenters. The molecule has 0 saturated heterocycles. The third-order valence-electron chi connectivity index (χ3n) is 3.12. The Balaban J connectivity index is 2.08. The van der Waals surface area contributed by atoms with E-state index >= 15 is 0 Å². The molecule has 2 aromatic heterocycles. The number of imidazole rings is 1. The van der Waals surface area contributed by atoms with E-state index in [1.165, 1.54) is 0 Å². The molecule has 2 heterocycles. The number of likely N-dealkylation sites (N-methyl/N-ethyl adjacent to an activating group) is 1. The molecule has 0 atom stereocenters. The van der Waals surface area contributed by atoms with Gasteiger partial charge in [0.1, 0.15) is 5.52 Å². The first-order chi connectivity index (χ1) is 9.28. The lowest BCUT2D eigenvalue weighted by atomic mass is 10.4. The summed E-state index contributed by atoms with van der Waals surface area (Å²) in [7, 11) is 1.80. The fourth-order valence-electron chi connectivity index (χ4n) is 1.95. The number of hydrogen-bond acceptors (Lipinski definition) is 6. The van der Waals surface area contributed by atoms with Gasteiger partial charge in [-0.1, -0.05) is 13.8 Å². The molecular weight excluding hydrogens is 242 g/mol. The van der Waals surface area contributed by atoms with Crippen molar-refractivity contribution >= 4 is 22.9 Å². The van der Waals surface area contributed by atoms with Crippen LogP contribution >= 0.6 is 0 Å². The van der Waals surface area contributed by atoms with Crippen molar-refractivity contribution in [3.63, 3.8) is 0 Å². The molecule has 19 heavy (non-hydrogen) atoms. The van der Waals surface area contributed by atoms with Crippen LogP contribution in [0.3, 0.4) is 0 Å². The van der Waals surface area contributed by atoms with E-state index in [9.17, 15) is 0 Å². The first-order valence-corrected chi connectivity index (χ1v) is 6.63. The second kappa shape index (κ2) is 6.33. The normalized spacial score (nSPS) is 11.2. The van der Waals surface area contributed by atoms with Gasteiger partial charge in [0.15, 0.2) is 11.5 Å². The second-order valence-electron chi connectivity index (χ2n) is 4.20. The van der Waals surface area contributed by atoms with Crippen LogP contribution in [0.15, 0.2) is 6.33 Å². The summed E-state index contributed by atoms with van der Waals surface area (Å²) < 4.78 is 0. The summed E-state index contributed by atoms with van der Waals surface area (Å²) >= 11 is 0. The number of fused-ring (bicyclic) bond motifs is 1. The molecule has 104 valence electrons. The fourth-order valence-corrected chi connectivity index (χ4v) is 1.95. The highest BCUT2D eigenvalue weighted by molar-refractivity contribution is 5.83. The Kier molecular flexibility index (Phi) is 4.51. The minimum absolute atomic E-state index is 0.574. The molecule has 0 amide bonds. The van der Waals surface area contributed by atoms with Crippen LogP contribution in [0.2, 0.25) is 0 Å². The monoisotopic (exact) mass is 263 g/mol. The average molecular weight is 263 g/mol. The fraction of sp³-hybridized carbons (Fsp3) is 0.583. The number of rotatable bonds is 7. The van der Waals surface area contributed by atoms with Gasteiger partial charge >= 0.3 is 0 Å². The quantitative estimate of drug-likeness (QED) is 0.695. The summed E-state index contributed by atoms with van der Waals surface area (Å²) in [6, 6.07) is 0. The molecule has 2 aromatic rings. The molecule has 0 aromatic carbocycles. The summed E-state index contributed by atoms with van der Waals surface area (Å²) in [5, 5.41) is 6.29. The van der Waals surface area contributed by atoms with Gasteiger partial charge in [0.25, 0.3) is 0 Å². The highest BCUT2D eigenvalue weighted by Gasteiger charge is 2.09. The van der Waals surface area contributed by atoms with Gasteiger partial charge in [0.05, 0.1) is 6.33 Å². The van der Waals surface area contributed by atoms with Gasteiger partial charge in [-0.2, -0.15) is 9.97 Å². The third-order valence-corrected chi connectivity index (χ3v) is 3.12. The number of nitrogens with one attached hydrogen (secondary N) is 3. The Bertz CT molecular complexity index is 518. The van der Waals surface area contributed by atoms with Crippen LogP contribution in [0.25, 0.3) is 11.2 Å². The van der Waals surface area contributed by atoms with Crippen molar-refractivity contribution in [1.29, 1.82) is 0 Å². The third kappa shape index (κ3) is 3.11. The lowest BCUT2D eigenvalue weighted by Gasteiger charge is -2.18. The van der Waals surface area contributed by atoms with Crippen LogP contribution in [0.5, 0.6) is 0 Å². The summed E-state index contributed by atoms with van der Waals surface area (Å²) in [5.74, 6) is 1.36. The predicted molar refractivity (Wildman–Crippen MR) is 77.5 cm³/mol. The number of aromatic nitrogens is 4. The van der Waals surface area contributed by atoms with E-state index in [1.807, 2.05) is 0 Å². The van der Waals surface area contributed by atoms with E-state index in [4.69, 9.17) is 0 Å². The zero-order valence-corrected chi connectivity index (χ0v) is 11.7. The molecule has 0 radical (unpaired) electrons. The molecule has 0 aliphatic heterocycles. The van der Waals surface area contributed by atoms with Gasteiger partial charge in [0.2, 0.25) is 5.95 Å². The van der Waals surface area contributed by atoms with Gasteiger partial charge in [-0.05, 0) is 13.1 Å². The summed E-state index contributed by atoms with van der Waals surface area (Å²) in [5.41, 5.74) is 1.52. The molecule has 0 aliphatic rings. The van der Waals surface area contributed by atoms with Crippen molar-refractivity contribution in [3.05, 3.63) is 6.33 Å². The molecule has 2 rings (SSSR count). The molecular formula is C12H21N7. The molecule has 0 saturated carbocycles. The number of H-pyrrole nitrogens is 1. The molecule has 0 fully saturated rings. The van der Waals surface area contributed by atoms with Gasteiger partial charge in [0, 0.05) is 20.1 Å². The maximum Gasteiger partial charge on any atom is 0.226 e. The van der Waals surface area contributed by atoms with E-state index in [0.29, 0.717) is 11.6 Å². The smallest absolute Gasteiger partial charge is 0.226 e. The van der Waals surface area contributed by atoms with Gasteiger partial charge in [-0.25, -0.2) is 4.98 Å². The van der Waals surface area contributed by atoms with Crippen LogP contribution in [0, 0.1) is 0 Å². The van der Waals surface area contributed by atoms with Crippen molar-refractivity contribution in [1.82, 2.24) is 24.8 Å². The number of aromatic amines is 1. The molecule has 0 bridgehead atoms. The number of hydrogen-bond donors (Lipinski definition) is 3. The molecule has 7 heteroatoms. The van der Waals surface area contributed by atoms with Crippen LogP contribution in [-0.2, 0) is 0 Å². The van der Waals surface area contributed by atoms with Crippen molar-refractivity contribution in [2.45, 2.75) is 13.8 Å². The highest BCUT2D eigenvalue weighted by atomic mass is 15.2. The van der Waals surface area contributed by atoms with Gasteiger partial charge < -0.3 is 20.5 Å². The lowest BCUT2D eigenvalue weighted by Crippen LogP contribution is -2.28. The molecule has 7 nitrogen and oxygen atoms in total. The van der Waals surface area contributed by atoms with Gasteiger partial charge in [-0.15, -0.1) is 0 Å². The van der Waals surface area contributed by atoms with E-state index in [1.54, 1.807) is 13.4 Å². The van der Waals surface area contributed by atoms with Crippen molar-refractivity contribution in [3.8, 4) is 0 Å². The maximum absolute atomic E-state index is 4.42. The van der Waals surface area contributed by atoms with Crippen LogP contribution in [0.1, 0.15) is 13.8 Å². The Hall–Kier alpha value is -1.89. The average Bonchev–Trinajstić information content (AvgIpc) is 2.91. The van der Waals surface area contributed by atoms with E-state index < -0.39 is 0 Å². The maximum atomic E-state index is 4.42. The van der Waals surface area contributed by atoms with Crippen molar-refractivity contribution < 1.29 is 0 Å². The summed E-state index contributed by atoms with van der Waals surface area (Å²) in [4.78, 5) is 18.3. The van der Waals surface area contributed by atoms with E-state index in [0.717, 1.165) is 37.5 Å². The first kappa shape index (κ1) is 13.5. The van der Waals surface area contributed by atoms with Crippen LogP contribution in [0.4, 0.5) is 11.8 Å². The predicted octanol–water partition coefficient (Wildman–Crippen LogP) is 1.15. The lowest BCUT2D eigenvalue weighted by molar-refractivity contribution is 0.316. The minimum atomic E-state index is 0.574.